The predicted octanol–water partition coefficient (Wildman–Crippen LogP) is 2.27. The Hall–Kier alpha value is -1.78. The zero-order chi connectivity index (χ0) is 15.7. The third-order valence-corrected chi connectivity index (χ3v) is 4.50. The number of pyridine rings is 2. The zero-order valence-electron chi connectivity index (χ0n) is 13.8. The van der Waals surface area contributed by atoms with Gasteiger partial charge in [0.1, 0.15) is 0 Å². The molecule has 0 spiro atoms. The lowest BCUT2D eigenvalue weighted by Gasteiger charge is -2.21. The van der Waals surface area contributed by atoms with Crippen molar-refractivity contribution >= 4 is 0 Å². The summed E-state index contributed by atoms with van der Waals surface area (Å²) < 4.78 is 0. The van der Waals surface area contributed by atoms with Crippen LogP contribution >= 0.6 is 0 Å². The fourth-order valence-electron chi connectivity index (χ4n) is 3.11. The molecule has 0 bridgehead atoms. The molecule has 3 heterocycles. The molecule has 0 aromatic carbocycles. The van der Waals surface area contributed by atoms with Crippen LogP contribution in [0, 0.1) is 0 Å². The number of nitrogens with zero attached hydrogens (tertiary/aromatic N) is 4. The maximum absolute atomic E-state index is 4.42. The summed E-state index contributed by atoms with van der Waals surface area (Å²) in [6, 6.07) is 12.4. The highest BCUT2D eigenvalue weighted by atomic mass is 15.2. The van der Waals surface area contributed by atoms with Crippen molar-refractivity contribution in [3.05, 3.63) is 60.2 Å². The van der Waals surface area contributed by atoms with E-state index >= 15 is 0 Å². The Bertz CT molecular complexity index is 507. The molecule has 1 saturated heterocycles. The molecule has 0 amide bonds. The second-order valence-electron chi connectivity index (χ2n) is 6.18. The number of hydrogen-bond acceptors (Lipinski definition) is 4. The summed E-state index contributed by atoms with van der Waals surface area (Å²) in [7, 11) is 0. The fourth-order valence-corrected chi connectivity index (χ4v) is 3.11. The normalized spacial score (nSPS) is 17.0. The van der Waals surface area contributed by atoms with Gasteiger partial charge in [-0.25, -0.2) is 0 Å². The Kier molecular flexibility index (Phi) is 6.12. The minimum absolute atomic E-state index is 1.05. The maximum Gasteiger partial charge on any atom is 0.0416 e. The summed E-state index contributed by atoms with van der Waals surface area (Å²) >= 11 is 0. The number of aromatic nitrogens is 2. The molecule has 4 nitrogen and oxygen atoms in total. The molecule has 122 valence electrons. The molecule has 0 atom stereocenters. The molecule has 0 saturated carbocycles. The molecule has 0 unspecified atom stereocenters. The predicted molar refractivity (Wildman–Crippen MR) is 93.4 cm³/mol. The first-order chi connectivity index (χ1) is 11.4. The second kappa shape index (κ2) is 8.75. The van der Waals surface area contributed by atoms with Gasteiger partial charge in [0.25, 0.3) is 0 Å². The Morgan fingerprint density at radius 2 is 1.22 bits per heavy atom. The van der Waals surface area contributed by atoms with Gasteiger partial charge in [0.05, 0.1) is 0 Å². The standard InChI is InChI=1S/C19H26N4/c1-3-10-20-18(6-1)8-14-22-12-5-13-23(17-16-22)15-9-19-7-2-4-11-21-19/h1-4,6-7,10-11H,5,8-9,12-17H2. The number of rotatable bonds is 6. The van der Waals surface area contributed by atoms with Gasteiger partial charge in [-0.2, -0.15) is 0 Å². The van der Waals surface area contributed by atoms with Crippen molar-refractivity contribution in [3.63, 3.8) is 0 Å². The van der Waals surface area contributed by atoms with Crippen LogP contribution in [-0.2, 0) is 12.8 Å². The van der Waals surface area contributed by atoms with Crippen molar-refractivity contribution in [1.29, 1.82) is 0 Å². The van der Waals surface area contributed by atoms with E-state index in [1.165, 1.54) is 30.9 Å². The largest absolute Gasteiger partial charge is 0.302 e. The molecule has 2 aromatic rings. The molecule has 0 radical (unpaired) electrons. The van der Waals surface area contributed by atoms with Gasteiger partial charge in [-0.3, -0.25) is 9.97 Å². The van der Waals surface area contributed by atoms with E-state index in [1.807, 2.05) is 24.5 Å². The molecular weight excluding hydrogens is 284 g/mol. The molecular formula is C19H26N4. The Morgan fingerprint density at radius 1 is 0.696 bits per heavy atom. The molecule has 3 rings (SSSR count). The van der Waals surface area contributed by atoms with Crippen LogP contribution in [0.2, 0.25) is 0 Å². The summed E-state index contributed by atoms with van der Waals surface area (Å²) in [6.07, 6.45) is 7.13. The van der Waals surface area contributed by atoms with Gasteiger partial charge in [-0.05, 0) is 43.8 Å². The lowest BCUT2D eigenvalue weighted by atomic mass is 10.2. The van der Waals surface area contributed by atoms with E-state index in [-0.39, 0.29) is 0 Å². The summed E-state index contributed by atoms with van der Waals surface area (Å²) in [5, 5.41) is 0. The molecule has 1 fully saturated rings. The van der Waals surface area contributed by atoms with Gasteiger partial charge in [0.15, 0.2) is 0 Å². The summed E-state index contributed by atoms with van der Waals surface area (Å²) in [5.41, 5.74) is 2.40. The molecule has 1 aliphatic heterocycles. The Balaban J connectivity index is 1.40. The topological polar surface area (TPSA) is 32.3 Å². The SMILES string of the molecule is c1ccc(CCN2CCCN(CCc3ccccn3)CC2)nc1. The van der Waals surface area contributed by atoms with Crippen LogP contribution in [0.3, 0.4) is 0 Å². The third-order valence-electron chi connectivity index (χ3n) is 4.50. The fraction of sp³-hybridized carbons (Fsp3) is 0.474. The molecule has 0 N–H and O–H groups in total. The van der Waals surface area contributed by atoms with E-state index in [2.05, 4.69) is 44.0 Å². The summed E-state index contributed by atoms with van der Waals surface area (Å²) in [4.78, 5) is 14.0. The van der Waals surface area contributed by atoms with Crippen LogP contribution in [-0.4, -0.2) is 59.0 Å². The van der Waals surface area contributed by atoms with E-state index in [0.29, 0.717) is 0 Å². The van der Waals surface area contributed by atoms with E-state index in [1.54, 1.807) is 0 Å². The molecule has 1 aliphatic rings. The smallest absolute Gasteiger partial charge is 0.0416 e. The number of hydrogen-bond donors (Lipinski definition) is 0. The minimum Gasteiger partial charge on any atom is -0.302 e. The first-order valence-electron chi connectivity index (χ1n) is 8.65. The van der Waals surface area contributed by atoms with Crippen LogP contribution in [0.5, 0.6) is 0 Å². The van der Waals surface area contributed by atoms with E-state index < -0.39 is 0 Å². The molecule has 2 aromatic heterocycles. The molecule has 0 aliphatic carbocycles. The van der Waals surface area contributed by atoms with E-state index in [9.17, 15) is 0 Å². The average Bonchev–Trinajstić information content (AvgIpc) is 2.85. The van der Waals surface area contributed by atoms with Crippen molar-refractivity contribution in [2.24, 2.45) is 0 Å². The van der Waals surface area contributed by atoms with E-state index in [0.717, 1.165) is 39.0 Å². The average molecular weight is 310 g/mol. The van der Waals surface area contributed by atoms with Crippen LogP contribution in [0.1, 0.15) is 17.8 Å². The highest BCUT2D eigenvalue weighted by molar-refractivity contribution is 5.04. The van der Waals surface area contributed by atoms with Crippen LogP contribution in [0.25, 0.3) is 0 Å². The second-order valence-corrected chi connectivity index (χ2v) is 6.18. The van der Waals surface area contributed by atoms with Crippen molar-refractivity contribution in [2.75, 3.05) is 39.3 Å². The van der Waals surface area contributed by atoms with Gasteiger partial charge in [0.2, 0.25) is 0 Å². The monoisotopic (exact) mass is 310 g/mol. The van der Waals surface area contributed by atoms with E-state index in [4.69, 9.17) is 0 Å². The molecule has 4 heteroatoms. The van der Waals surface area contributed by atoms with Crippen LogP contribution in [0.4, 0.5) is 0 Å². The zero-order valence-corrected chi connectivity index (χ0v) is 13.8. The third kappa shape index (κ3) is 5.41. The quantitative estimate of drug-likeness (QED) is 0.819. The first-order valence-corrected chi connectivity index (χ1v) is 8.65. The Labute approximate surface area is 139 Å². The van der Waals surface area contributed by atoms with Gasteiger partial charge in [-0.1, -0.05) is 12.1 Å². The van der Waals surface area contributed by atoms with Crippen LogP contribution in [0.15, 0.2) is 48.8 Å². The highest BCUT2D eigenvalue weighted by Crippen LogP contribution is 2.06. The van der Waals surface area contributed by atoms with Crippen LogP contribution < -0.4 is 0 Å². The highest BCUT2D eigenvalue weighted by Gasteiger charge is 2.14. The first kappa shape index (κ1) is 16.1. The van der Waals surface area contributed by atoms with Crippen molar-refractivity contribution in [2.45, 2.75) is 19.3 Å². The van der Waals surface area contributed by atoms with Gasteiger partial charge < -0.3 is 9.80 Å². The maximum atomic E-state index is 4.42. The summed E-state index contributed by atoms with van der Waals surface area (Å²) in [6.45, 7) is 6.96. The van der Waals surface area contributed by atoms with Gasteiger partial charge in [0, 0.05) is 62.8 Å². The summed E-state index contributed by atoms with van der Waals surface area (Å²) in [5.74, 6) is 0. The lowest BCUT2D eigenvalue weighted by Crippen LogP contribution is -2.33. The van der Waals surface area contributed by atoms with Gasteiger partial charge >= 0.3 is 0 Å². The minimum atomic E-state index is 1.05. The lowest BCUT2D eigenvalue weighted by molar-refractivity contribution is 0.259. The van der Waals surface area contributed by atoms with Crippen molar-refractivity contribution in [3.8, 4) is 0 Å². The Morgan fingerprint density at radius 3 is 1.65 bits per heavy atom. The van der Waals surface area contributed by atoms with Gasteiger partial charge in [-0.15, -0.1) is 0 Å². The van der Waals surface area contributed by atoms with Crippen molar-refractivity contribution < 1.29 is 0 Å². The molecule has 23 heavy (non-hydrogen) atoms. The van der Waals surface area contributed by atoms with Crippen molar-refractivity contribution in [1.82, 2.24) is 19.8 Å².